The van der Waals surface area contributed by atoms with Gasteiger partial charge in [-0.25, -0.2) is 0 Å². The molecular weight excluding hydrogens is 212 g/mol. The molecule has 0 radical (unpaired) electrons. The molecule has 17 heavy (non-hydrogen) atoms. The molecule has 0 aromatic heterocycles. The van der Waals surface area contributed by atoms with Gasteiger partial charge in [0.05, 0.1) is 5.60 Å². The van der Waals surface area contributed by atoms with Crippen LogP contribution in [-0.4, -0.2) is 49.3 Å². The zero-order chi connectivity index (χ0) is 12.9. The van der Waals surface area contributed by atoms with E-state index in [0.29, 0.717) is 12.1 Å². The summed E-state index contributed by atoms with van der Waals surface area (Å²) in [6.07, 6.45) is 3.76. The molecule has 0 spiro atoms. The van der Waals surface area contributed by atoms with Gasteiger partial charge in [0.2, 0.25) is 0 Å². The smallest absolute Gasteiger partial charge is 0.0634 e. The monoisotopic (exact) mass is 242 g/mol. The first-order valence-corrected chi connectivity index (χ1v) is 6.97. The zero-order valence-corrected chi connectivity index (χ0v) is 12.3. The minimum atomic E-state index is -0.00373. The Hall–Kier alpha value is -0.120. The Morgan fingerprint density at radius 2 is 2.12 bits per heavy atom. The van der Waals surface area contributed by atoms with Gasteiger partial charge >= 0.3 is 0 Å². The summed E-state index contributed by atoms with van der Waals surface area (Å²) in [6, 6.07) is 1.31. The molecule has 3 nitrogen and oxygen atoms in total. The molecule has 1 aliphatic heterocycles. The van der Waals surface area contributed by atoms with Crippen molar-refractivity contribution in [2.45, 2.75) is 64.6 Å². The van der Waals surface area contributed by atoms with E-state index < -0.39 is 0 Å². The maximum absolute atomic E-state index is 5.50. The minimum Gasteiger partial charge on any atom is -0.379 e. The lowest BCUT2D eigenvalue weighted by molar-refractivity contribution is 0.00440. The Kier molecular flexibility index (Phi) is 5.90. The number of hydrogen-bond acceptors (Lipinski definition) is 3. The lowest BCUT2D eigenvalue weighted by atomic mass is 10.0. The van der Waals surface area contributed by atoms with Crippen molar-refractivity contribution in [2.24, 2.45) is 0 Å². The predicted molar refractivity (Wildman–Crippen MR) is 73.4 cm³/mol. The van der Waals surface area contributed by atoms with Crippen molar-refractivity contribution in [3.8, 4) is 0 Å². The van der Waals surface area contributed by atoms with Crippen molar-refractivity contribution in [3.63, 3.8) is 0 Å². The number of ether oxygens (including phenoxy) is 1. The Balaban J connectivity index is 2.37. The third kappa shape index (κ3) is 5.36. The van der Waals surface area contributed by atoms with Crippen LogP contribution >= 0.6 is 0 Å². The van der Waals surface area contributed by atoms with Gasteiger partial charge in [0.25, 0.3) is 0 Å². The summed E-state index contributed by atoms with van der Waals surface area (Å²) in [5, 5.41) is 3.58. The molecule has 1 atom stereocenters. The van der Waals surface area contributed by atoms with Crippen molar-refractivity contribution in [1.29, 1.82) is 0 Å². The van der Waals surface area contributed by atoms with Gasteiger partial charge in [-0.2, -0.15) is 0 Å². The fourth-order valence-corrected chi connectivity index (χ4v) is 2.27. The second-order valence-electron chi connectivity index (χ2n) is 6.10. The maximum Gasteiger partial charge on any atom is 0.0634 e. The van der Waals surface area contributed by atoms with E-state index in [-0.39, 0.29) is 5.60 Å². The Morgan fingerprint density at radius 3 is 2.59 bits per heavy atom. The van der Waals surface area contributed by atoms with Crippen LogP contribution in [0.1, 0.15) is 47.0 Å². The van der Waals surface area contributed by atoms with E-state index in [2.05, 4.69) is 37.9 Å². The highest BCUT2D eigenvalue weighted by Crippen LogP contribution is 2.16. The van der Waals surface area contributed by atoms with Crippen molar-refractivity contribution in [3.05, 3.63) is 0 Å². The van der Waals surface area contributed by atoms with Crippen LogP contribution in [0.5, 0.6) is 0 Å². The predicted octanol–water partition coefficient (Wildman–Crippen LogP) is 2.26. The number of methoxy groups -OCH3 is 1. The molecule has 0 amide bonds. The molecule has 1 heterocycles. The Labute approximate surface area is 107 Å². The fourth-order valence-electron chi connectivity index (χ4n) is 2.27. The fraction of sp³-hybridized carbons (Fsp3) is 1.00. The van der Waals surface area contributed by atoms with E-state index in [0.717, 1.165) is 13.0 Å². The van der Waals surface area contributed by atoms with Gasteiger partial charge in [-0.15, -0.1) is 0 Å². The van der Waals surface area contributed by atoms with Gasteiger partial charge in [-0.05, 0) is 53.5 Å². The molecule has 102 valence electrons. The molecule has 1 N–H and O–H groups in total. The summed E-state index contributed by atoms with van der Waals surface area (Å²) < 4.78 is 5.50. The quantitative estimate of drug-likeness (QED) is 0.741. The first kappa shape index (κ1) is 14.9. The van der Waals surface area contributed by atoms with E-state index >= 15 is 0 Å². The summed E-state index contributed by atoms with van der Waals surface area (Å²) in [6.45, 7) is 12.4. The largest absolute Gasteiger partial charge is 0.379 e. The van der Waals surface area contributed by atoms with Crippen LogP contribution in [-0.2, 0) is 4.74 Å². The number of hydrogen-bond donors (Lipinski definition) is 1. The molecule has 3 heteroatoms. The minimum absolute atomic E-state index is 0.00373. The van der Waals surface area contributed by atoms with Gasteiger partial charge in [0.15, 0.2) is 0 Å². The molecule has 0 aromatic carbocycles. The molecule has 1 aliphatic rings. The lowest BCUT2D eigenvalue weighted by Crippen LogP contribution is -2.43. The molecular formula is C14H30N2O. The summed E-state index contributed by atoms with van der Waals surface area (Å²) in [7, 11) is 1.80. The lowest BCUT2D eigenvalue weighted by Gasteiger charge is -2.32. The van der Waals surface area contributed by atoms with Crippen molar-refractivity contribution in [1.82, 2.24) is 10.2 Å². The first-order valence-electron chi connectivity index (χ1n) is 6.97. The van der Waals surface area contributed by atoms with Crippen molar-refractivity contribution in [2.75, 3.05) is 26.7 Å². The second-order valence-corrected chi connectivity index (χ2v) is 6.10. The third-order valence-electron chi connectivity index (χ3n) is 3.90. The number of rotatable bonds is 7. The van der Waals surface area contributed by atoms with E-state index in [4.69, 9.17) is 4.74 Å². The highest BCUT2D eigenvalue weighted by Gasteiger charge is 2.22. The molecule has 0 saturated carbocycles. The Morgan fingerprint density at radius 1 is 1.41 bits per heavy atom. The van der Waals surface area contributed by atoms with Gasteiger partial charge in [-0.1, -0.05) is 0 Å². The highest BCUT2D eigenvalue weighted by molar-refractivity contribution is 4.80. The van der Waals surface area contributed by atoms with Crippen molar-refractivity contribution >= 4 is 0 Å². The van der Waals surface area contributed by atoms with Crippen LogP contribution in [0.25, 0.3) is 0 Å². The normalized spacial score (nSPS) is 21.7. The average Bonchev–Trinajstić information content (AvgIpc) is 2.76. The highest BCUT2D eigenvalue weighted by atomic mass is 16.5. The summed E-state index contributed by atoms with van der Waals surface area (Å²) in [4.78, 5) is 2.57. The summed E-state index contributed by atoms with van der Waals surface area (Å²) >= 11 is 0. The van der Waals surface area contributed by atoms with Gasteiger partial charge in [0, 0.05) is 32.3 Å². The van der Waals surface area contributed by atoms with Crippen LogP contribution in [0.4, 0.5) is 0 Å². The molecule has 1 fully saturated rings. The summed E-state index contributed by atoms with van der Waals surface area (Å²) in [5.41, 5.74) is -0.00373. The first-order chi connectivity index (χ1) is 7.94. The van der Waals surface area contributed by atoms with Crippen LogP contribution < -0.4 is 5.32 Å². The molecule has 0 bridgehead atoms. The van der Waals surface area contributed by atoms with Gasteiger partial charge in [0.1, 0.15) is 0 Å². The second kappa shape index (κ2) is 6.72. The van der Waals surface area contributed by atoms with Gasteiger partial charge in [-0.3, -0.25) is 4.90 Å². The molecule has 1 unspecified atom stereocenters. The van der Waals surface area contributed by atoms with Gasteiger partial charge < -0.3 is 10.1 Å². The molecule has 0 aromatic rings. The van der Waals surface area contributed by atoms with E-state index in [1.165, 1.54) is 25.9 Å². The van der Waals surface area contributed by atoms with Crippen molar-refractivity contribution < 1.29 is 4.74 Å². The van der Waals surface area contributed by atoms with Crippen LogP contribution in [0.15, 0.2) is 0 Å². The maximum atomic E-state index is 5.50. The Bertz CT molecular complexity index is 210. The van der Waals surface area contributed by atoms with E-state index in [9.17, 15) is 0 Å². The van der Waals surface area contributed by atoms with Crippen LogP contribution in [0, 0.1) is 0 Å². The standard InChI is InChI=1S/C14H30N2O/c1-12(2)16(10-8-14(3,4)17-5)11-13-7-6-9-15-13/h12-13,15H,6-11H2,1-5H3. The summed E-state index contributed by atoms with van der Waals surface area (Å²) in [5.74, 6) is 0. The molecule has 1 rings (SSSR count). The van der Waals surface area contributed by atoms with E-state index in [1.54, 1.807) is 7.11 Å². The average molecular weight is 242 g/mol. The third-order valence-corrected chi connectivity index (χ3v) is 3.90. The molecule has 0 aliphatic carbocycles. The number of nitrogens with zero attached hydrogens (tertiary/aromatic N) is 1. The topological polar surface area (TPSA) is 24.5 Å². The van der Waals surface area contributed by atoms with Crippen LogP contribution in [0.3, 0.4) is 0 Å². The number of nitrogens with one attached hydrogen (secondary N) is 1. The molecule has 1 saturated heterocycles. The zero-order valence-electron chi connectivity index (χ0n) is 12.3. The van der Waals surface area contributed by atoms with E-state index in [1.807, 2.05) is 0 Å². The SMILES string of the molecule is COC(C)(C)CCN(CC1CCCN1)C(C)C. The van der Waals surface area contributed by atoms with Crippen LogP contribution in [0.2, 0.25) is 0 Å².